The number of halogens is 3. The summed E-state index contributed by atoms with van der Waals surface area (Å²) >= 11 is 9.79. The summed E-state index contributed by atoms with van der Waals surface area (Å²) in [5.74, 6) is 0.795. The average Bonchev–Trinajstić information content (AvgIpc) is 3.42. The highest BCUT2D eigenvalue weighted by Crippen LogP contribution is 2.43. The molecule has 4 aromatic rings. The normalized spacial score (nSPS) is 14.2. The van der Waals surface area contributed by atoms with Gasteiger partial charge in [0.15, 0.2) is 11.5 Å². The van der Waals surface area contributed by atoms with Crippen LogP contribution >= 0.6 is 27.5 Å². The largest absolute Gasteiger partial charge is 0.492 e. The van der Waals surface area contributed by atoms with Gasteiger partial charge in [0, 0.05) is 11.3 Å². The van der Waals surface area contributed by atoms with Gasteiger partial charge in [0.25, 0.3) is 5.91 Å². The average molecular weight is 658 g/mol. The van der Waals surface area contributed by atoms with E-state index in [-0.39, 0.29) is 23.1 Å². The van der Waals surface area contributed by atoms with Crippen LogP contribution in [0.2, 0.25) is 5.02 Å². The van der Waals surface area contributed by atoms with Crippen LogP contribution in [0.15, 0.2) is 70.3 Å². The minimum absolute atomic E-state index is 0.125. The standard InChI is InChI=1S/C29H27BrClFN6O4/c1-4-40-23-12-7-6-11-22(23)34-28(39)25-16(3)33-29-35-36-37-38(29)26(25)17-13-19(30)27(24(14-17)41-5-2)42-15-18-20(31)9-8-10-21(18)32/h6-14,26H,4-5,15H2,1-3H3,(H,34,39)(H,33,35,37). The van der Waals surface area contributed by atoms with Crippen molar-refractivity contribution < 1.29 is 23.4 Å². The molecule has 10 nitrogen and oxygen atoms in total. The van der Waals surface area contributed by atoms with Crippen LogP contribution in [0, 0.1) is 5.82 Å². The molecule has 1 atom stereocenters. The highest BCUT2D eigenvalue weighted by atomic mass is 79.9. The third-order valence-corrected chi connectivity index (χ3v) is 7.41. The molecule has 0 radical (unpaired) electrons. The van der Waals surface area contributed by atoms with E-state index in [0.717, 1.165) is 0 Å². The summed E-state index contributed by atoms with van der Waals surface area (Å²) in [5.41, 5.74) is 2.33. The number of para-hydroxylation sites is 2. The molecule has 1 aliphatic heterocycles. The Kier molecular flexibility index (Phi) is 8.93. The number of aromatic nitrogens is 4. The van der Waals surface area contributed by atoms with Crippen molar-refractivity contribution in [3.63, 3.8) is 0 Å². The number of rotatable bonds is 10. The van der Waals surface area contributed by atoms with Gasteiger partial charge in [-0.05, 0) is 89.1 Å². The van der Waals surface area contributed by atoms with Crippen LogP contribution in [0.25, 0.3) is 0 Å². The highest BCUT2D eigenvalue weighted by molar-refractivity contribution is 9.10. The molecule has 13 heteroatoms. The van der Waals surface area contributed by atoms with E-state index in [1.807, 2.05) is 26.0 Å². The van der Waals surface area contributed by atoms with Gasteiger partial charge in [-0.2, -0.15) is 4.68 Å². The number of fused-ring (bicyclic) bond motifs is 1. The number of benzene rings is 3. The lowest BCUT2D eigenvalue weighted by Crippen LogP contribution is -2.31. The van der Waals surface area contributed by atoms with Gasteiger partial charge in [-0.25, -0.2) is 4.39 Å². The van der Waals surface area contributed by atoms with Crippen LogP contribution in [0.4, 0.5) is 16.0 Å². The smallest absolute Gasteiger partial charge is 0.255 e. The van der Waals surface area contributed by atoms with Gasteiger partial charge in [0.1, 0.15) is 24.2 Å². The molecule has 218 valence electrons. The lowest BCUT2D eigenvalue weighted by Gasteiger charge is -2.29. The quantitative estimate of drug-likeness (QED) is 0.198. The van der Waals surface area contributed by atoms with E-state index in [0.29, 0.717) is 63.4 Å². The number of hydrogen-bond acceptors (Lipinski definition) is 8. The maximum Gasteiger partial charge on any atom is 0.255 e. The van der Waals surface area contributed by atoms with Gasteiger partial charge in [-0.3, -0.25) is 4.79 Å². The van der Waals surface area contributed by atoms with E-state index >= 15 is 0 Å². The molecule has 1 aliphatic rings. The highest BCUT2D eigenvalue weighted by Gasteiger charge is 2.35. The zero-order chi connectivity index (χ0) is 29.8. The van der Waals surface area contributed by atoms with Gasteiger partial charge in [0.05, 0.1) is 34.0 Å². The fourth-order valence-electron chi connectivity index (χ4n) is 4.62. The lowest BCUT2D eigenvalue weighted by atomic mass is 9.94. The fourth-order valence-corrected chi connectivity index (χ4v) is 5.41. The van der Waals surface area contributed by atoms with Crippen molar-refractivity contribution in [2.45, 2.75) is 33.4 Å². The first-order valence-corrected chi connectivity index (χ1v) is 14.3. The predicted molar refractivity (Wildman–Crippen MR) is 160 cm³/mol. The second kappa shape index (κ2) is 12.8. The summed E-state index contributed by atoms with van der Waals surface area (Å²) in [5, 5.41) is 18.4. The van der Waals surface area contributed by atoms with E-state index in [1.54, 1.807) is 37.3 Å². The van der Waals surface area contributed by atoms with Crippen LogP contribution in [0.5, 0.6) is 17.2 Å². The number of allylic oxidation sites excluding steroid dienone is 1. The molecule has 1 amide bonds. The van der Waals surface area contributed by atoms with E-state index in [2.05, 4.69) is 42.1 Å². The number of carbonyl (C=O) groups excluding carboxylic acids is 1. The summed E-state index contributed by atoms with van der Waals surface area (Å²) < 4.78 is 34.1. The first-order valence-electron chi connectivity index (χ1n) is 13.1. The van der Waals surface area contributed by atoms with Crippen molar-refractivity contribution in [2.75, 3.05) is 23.8 Å². The third kappa shape index (κ3) is 5.90. The SMILES string of the molecule is CCOc1ccccc1NC(=O)C1=C(C)Nc2nnnn2C1c1cc(Br)c(OCc2c(F)cccc2Cl)c(OCC)c1. The second-order valence-electron chi connectivity index (χ2n) is 9.15. The Morgan fingerprint density at radius 2 is 1.86 bits per heavy atom. The van der Waals surface area contributed by atoms with Crippen LogP contribution in [0.3, 0.4) is 0 Å². The van der Waals surface area contributed by atoms with Gasteiger partial charge < -0.3 is 24.8 Å². The molecular weight excluding hydrogens is 631 g/mol. The van der Waals surface area contributed by atoms with Gasteiger partial charge in [-0.1, -0.05) is 34.9 Å². The maximum absolute atomic E-state index is 14.4. The monoisotopic (exact) mass is 656 g/mol. The zero-order valence-corrected chi connectivity index (χ0v) is 25.3. The van der Waals surface area contributed by atoms with Crippen molar-refractivity contribution >= 4 is 45.1 Å². The van der Waals surface area contributed by atoms with Crippen LogP contribution in [-0.2, 0) is 11.4 Å². The molecule has 0 saturated carbocycles. The molecular formula is C29H27BrClFN6O4. The van der Waals surface area contributed by atoms with Crippen LogP contribution in [0.1, 0.15) is 37.9 Å². The Balaban J connectivity index is 1.54. The van der Waals surface area contributed by atoms with Crippen molar-refractivity contribution in [3.05, 3.63) is 92.3 Å². The van der Waals surface area contributed by atoms with Crippen molar-refractivity contribution in [2.24, 2.45) is 0 Å². The molecule has 42 heavy (non-hydrogen) atoms. The molecule has 2 N–H and O–H groups in total. The second-order valence-corrected chi connectivity index (χ2v) is 10.4. The topological polar surface area (TPSA) is 112 Å². The first-order chi connectivity index (χ1) is 20.3. The number of nitrogens with one attached hydrogen (secondary N) is 2. The summed E-state index contributed by atoms with van der Waals surface area (Å²) in [4.78, 5) is 13.9. The Hall–Kier alpha value is -4.16. The molecule has 5 rings (SSSR count). The van der Waals surface area contributed by atoms with Crippen LogP contribution < -0.4 is 24.8 Å². The summed E-state index contributed by atoms with van der Waals surface area (Å²) in [6.45, 7) is 6.13. The van der Waals surface area contributed by atoms with Crippen LogP contribution in [-0.4, -0.2) is 39.3 Å². The Morgan fingerprint density at radius 1 is 1.10 bits per heavy atom. The maximum atomic E-state index is 14.4. The van der Waals surface area contributed by atoms with Gasteiger partial charge >= 0.3 is 0 Å². The van der Waals surface area contributed by atoms with E-state index in [9.17, 15) is 9.18 Å². The predicted octanol–water partition coefficient (Wildman–Crippen LogP) is 6.53. The number of tetrazole rings is 1. The molecule has 3 aromatic carbocycles. The zero-order valence-electron chi connectivity index (χ0n) is 23.0. The molecule has 0 fully saturated rings. The molecule has 0 saturated heterocycles. The molecule has 1 aromatic heterocycles. The number of nitrogens with zero attached hydrogens (tertiary/aromatic N) is 4. The minimum Gasteiger partial charge on any atom is -0.492 e. The first kappa shape index (κ1) is 29.3. The van der Waals surface area contributed by atoms with Crippen molar-refractivity contribution in [1.82, 2.24) is 20.2 Å². The molecule has 0 bridgehead atoms. The number of carbonyl (C=O) groups is 1. The van der Waals surface area contributed by atoms with E-state index in [1.165, 1.54) is 16.8 Å². The third-order valence-electron chi connectivity index (χ3n) is 6.46. The minimum atomic E-state index is -0.735. The summed E-state index contributed by atoms with van der Waals surface area (Å²) in [6, 6.07) is 14.5. The number of hydrogen-bond donors (Lipinski definition) is 2. The molecule has 0 spiro atoms. The summed E-state index contributed by atoms with van der Waals surface area (Å²) in [6.07, 6.45) is 0. The Bertz CT molecular complexity index is 1640. The number of ether oxygens (including phenoxy) is 3. The Morgan fingerprint density at radius 3 is 2.62 bits per heavy atom. The van der Waals surface area contributed by atoms with Gasteiger partial charge in [0.2, 0.25) is 5.95 Å². The molecule has 2 heterocycles. The van der Waals surface area contributed by atoms with Crippen molar-refractivity contribution in [3.8, 4) is 17.2 Å². The number of anilines is 2. The van der Waals surface area contributed by atoms with Crippen molar-refractivity contribution in [1.29, 1.82) is 0 Å². The molecule has 1 unspecified atom stereocenters. The molecule has 0 aliphatic carbocycles. The van der Waals surface area contributed by atoms with E-state index in [4.69, 9.17) is 25.8 Å². The Labute approximate surface area is 254 Å². The van der Waals surface area contributed by atoms with Gasteiger partial charge in [-0.15, -0.1) is 0 Å². The van der Waals surface area contributed by atoms with E-state index < -0.39 is 11.9 Å². The summed E-state index contributed by atoms with van der Waals surface area (Å²) in [7, 11) is 0. The lowest BCUT2D eigenvalue weighted by molar-refractivity contribution is -0.113. The number of amides is 1. The fraction of sp³-hybridized carbons (Fsp3) is 0.241.